The quantitative estimate of drug-likeness (QED) is 0.603. The van der Waals surface area contributed by atoms with Crippen molar-refractivity contribution in [2.75, 3.05) is 20.2 Å². The Morgan fingerprint density at radius 3 is 3.00 bits per heavy atom. The van der Waals surface area contributed by atoms with Gasteiger partial charge in [0.1, 0.15) is 6.10 Å². The predicted molar refractivity (Wildman–Crippen MR) is 45.9 cm³/mol. The molecule has 2 N–H and O–H groups in total. The van der Waals surface area contributed by atoms with Gasteiger partial charge in [-0.3, -0.25) is 4.79 Å². The Morgan fingerprint density at radius 2 is 2.50 bits per heavy atom. The Morgan fingerprint density at radius 1 is 1.75 bits per heavy atom. The number of amides is 1. The molecule has 4 heteroatoms. The van der Waals surface area contributed by atoms with Crippen molar-refractivity contribution in [1.82, 2.24) is 10.6 Å². The molecule has 1 saturated heterocycles. The molecule has 0 saturated carbocycles. The van der Waals surface area contributed by atoms with Gasteiger partial charge >= 0.3 is 0 Å². The lowest BCUT2D eigenvalue weighted by atomic mass is 10.2. The van der Waals surface area contributed by atoms with Gasteiger partial charge < -0.3 is 15.4 Å². The minimum Gasteiger partial charge on any atom is -0.372 e. The highest BCUT2D eigenvalue weighted by Gasteiger charge is 2.19. The summed E-state index contributed by atoms with van der Waals surface area (Å²) in [6.07, 6.45) is 0.674. The average Bonchev–Trinajstić information content (AvgIpc) is 2.55. The number of methoxy groups -OCH3 is 1. The Kier molecular flexibility index (Phi) is 3.49. The summed E-state index contributed by atoms with van der Waals surface area (Å²) in [4.78, 5) is 11.3. The van der Waals surface area contributed by atoms with Crippen molar-refractivity contribution in [3.05, 3.63) is 0 Å². The van der Waals surface area contributed by atoms with Gasteiger partial charge in [0, 0.05) is 19.7 Å². The first-order valence-electron chi connectivity index (χ1n) is 4.28. The zero-order chi connectivity index (χ0) is 8.97. The van der Waals surface area contributed by atoms with Gasteiger partial charge in [0.25, 0.3) is 0 Å². The van der Waals surface area contributed by atoms with Gasteiger partial charge in [0.15, 0.2) is 0 Å². The number of ether oxygens (including phenoxy) is 1. The molecule has 4 nitrogen and oxygen atoms in total. The van der Waals surface area contributed by atoms with E-state index in [1.54, 1.807) is 6.92 Å². The van der Waals surface area contributed by atoms with E-state index in [0.717, 1.165) is 19.5 Å². The number of hydrogen-bond donors (Lipinski definition) is 2. The second-order valence-corrected chi connectivity index (χ2v) is 3.08. The molecule has 1 heterocycles. The molecule has 0 radical (unpaired) electrons. The second-order valence-electron chi connectivity index (χ2n) is 3.08. The van der Waals surface area contributed by atoms with E-state index in [1.807, 2.05) is 0 Å². The molecule has 12 heavy (non-hydrogen) atoms. The molecule has 70 valence electrons. The first-order valence-corrected chi connectivity index (χ1v) is 4.28. The second kappa shape index (κ2) is 4.42. The molecule has 2 atom stereocenters. The summed E-state index contributed by atoms with van der Waals surface area (Å²) in [5.41, 5.74) is 0. The van der Waals surface area contributed by atoms with Crippen molar-refractivity contribution in [2.24, 2.45) is 0 Å². The molecular formula is C8H16N2O2. The molecule has 0 aromatic rings. The smallest absolute Gasteiger partial charge is 0.249 e. The SMILES string of the molecule is COC(C)C(=O)N[C@H]1CCNC1. The maximum absolute atomic E-state index is 11.3. The molecule has 0 spiro atoms. The van der Waals surface area contributed by atoms with Crippen LogP contribution in [0.2, 0.25) is 0 Å². The minimum absolute atomic E-state index is 0.0220. The van der Waals surface area contributed by atoms with Crippen molar-refractivity contribution >= 4 is 5.91 Å². The van der Waals surface area contributed by atoms with Crippen LogP contribution in [0.3, 0.4) is 0 Å². The average molecular weight is 172 g/mol. The number of hydrogen-bond acceptors (Lipinski definition) is 3. The zero-order valence-electron chi connectivity index (χ0n) is 7.59. The van der Waals surface area contributed by atoms with Gasteiger partial charge in [-0.05, 0) is 19.9 Å². The molecular weight excluding hydrogens is 156 g/mol. The van der Waals surface area contributed by atoms with Gasteiger partial charge in [0.2, 0.25) is 5.91 Å². The lowest BCUT2D eigenvalue weighted by Gasteiger charge is -2.14. The summed E-state index contributed by atoms with van der Waals surface area (Å²) in [5.74, 6) is -0.0220. The number of carbonyl (C=O) groups is 1. The van der Waals surface area contributed by atoms with Crippen LogP contribution in [0, 0.1) is 0 Å². The number of carbonyl (C=O) groups excluding carboxylic acids is 1. The topological polar surface area (TPSA) is 50.4 Å². The summed E-state index contributed by atoms with van der Waals surface area (Å²) in [5, 5.41) is 6.08. The van der Waals surface area contributed by atoms with E-state index in [1.165, 1.54) is 7.11 Å². The lowest BCUT2D eigenvalue weighted by Crippen LogP contribution is -2.41. The molecule has 0 aromatic carbocycles. The van der Waals surface area contributed by atoms with E-state index < -0.39 is 0 Å². The van der Waals surface area contributed by atoms with Crippen LogP contribution in [0.25, 0.3) is 0 Å². The van der Waals surface area contributed by atoms with Crippen LogP contribution in [-0.2, 0) is 9.53 Å². The maximum atomic E-state index is 11.3. The predicted octanol–water partition coefficient (Wildman–Crippen LogP) is -0.501. The van der Waals surface area contributed by atoms with Crippen molar-refractivity contribution in [3.8, 4) is 0 Å². The molecule has 1 amide bonds. The van der Waals surface area contributed by atoms with Crippen molar-refractivity contribution in [1.29, 1.82) is 0 Å². The Bertz CT molecular complexity index is 155. The zero-order valence-corrected chi connectivity index (χ0v) is 7.59. The van der Waals surface area contributed by atoms with Gasteiger partial charge in [0.05, 0.1) is 0 Å². The highest BCUT2D eigenvalue weighted by atomic mass is 16.5. The maximum Gasteiger partial charge on any atom is 0.249 e. The van der Waals surface area contributed by atoms with Crippen LogP contribution in [0.15, 0.2) is 0 Å². The Labute approximate surface area is 72.7 Å². The fourth-order valence-corrected chi connectivity index (χ4v) is 1.20. The standard InChI is InChI=1S/C8H16N2O2/c1-6(12-2)8(11)10-7-3-4-9-5-7/h6-7,9H,3-5H2,1-2H3,(H,10,11)/t6?,7-/m0/s1. The van der Waals surface area contributed by atoms with Crippen LogP contribution < -0.4 is 10.6 Å². The third-order valence-corrected chi connectivity index (χ3v) is 2.13. The van der Waals surface area contributed by atoms with E-state index in [0.29, 0.717) is 0 Å². The van der Waals surface area contributed by atoms with E-state index in [2.05, 4.69) is 10.6 Å². The highest BCUT2D eigenvalue weighted by Crippen LogP contribution is 1.98. The van der Waals surface area contributed by atoms with Crippen LogP contribution >= 0.6 is 0 Å². The van der Waals surface area contributed by atoms with Gasteiger partial charge in [-0.15, -0.1) is 0 Å². The highest BCUT2D eigenvalue weighted by molar-refractivity contribution is 5.80. The molecule has 1 rings (SSSR count). The third kappa shape index (κ3) is 2.46. The number of rotatable bonds is 3. The normalized spacial score (nSPS) is 25.3. The van der Waals surface area contributed by atoms with E-state index in [9.17, 15) is 4.79 Å². The van der Waals surface area contributed by atoms with Crippen LogP contribution in [0.1, 0.15) is 13.3 Å². The van der Waals surface area contributed by atoms with Crippen LogP contribution in [-0.4, -0.2) is 38.3 Å². The molecule has 0 aromatic heterocycles. The summed E-state index contributed by atoms with van der Waals surface area (Å²) in [6.45, 7) is 3.62. The summed E-state index contributed by atoms with van der Waals surface area (Å²) >= 11 is 0. The van der Waals surface area contributed by atoms with Crippen molar-refractivity contribution < 1.29 is 9.53 Å². The summed E-state index contributed by atoms with van der Waals surface area (Å²) in [7, 11) is 1.54. The Hall–Kier alpha value is -0.610. The fraction of sp³-hybridized carbons (Fsp3) is 0.875. The summed E-state index contributed by atoms with van der Waals surface area (Å²) in [6, 6.07) is 0.287. The largest absolute Gasteiger partial charge is 0.372 e. The molecule has 1 unspecified atom stereocenters. The molecule has 0 bridgehead atoms. The number of nitrogens with one attached hydrogen (secondary N) is 2. The first-order chi connectivity index (χ1) is 5.74. The van der Waals surface area contributed by atoms with Gasteiger partial charge in [-0.25, -0.2) is 0 Å². The molecule has 1 aliphatic rings. The minimum atomic E-state index is -0.342. The van der Waals surface area contributed by atoms with Gasteiger partial charge in [-0.2, -0.15) is 0 Å². The Balaban J connectivity index is 2.25. The van der Waals surface area contributed by atoms with Gasteiger partial charge in [-0.1, -0.05) is 0 Å². The van der Waals surface area contributed by atoms with E-state index >= 15 is 0 Å². The third-order valence-electron chi connectivity index (χ3n) is 2.13. The van der Waals surface area contributed by atoms with Crippen LogP contribution in [0.5, 0.6) is 0 Å². The fourth-order valence-electron chi connectivity index (χ4n) is 1.20. The lowest BCUT2D eigenvalue weighted by molar-refractivity contribution is -0.130. The first kappa shape index (κ1) is 9.48. The van der Waals surface area contributed by atoms with Crippen LogP contribution in [0.4, 0.5) is 0 Å². The molecule has 1 fully saturated rings. The molecule has 1 aliphatic heterocycles. The van der Waals surface area contributed by atoms with Crippen molar-refractivity contribution in [3.63, 3.8) is 0 Å². The monoisotopic (exact) mass is 172 g/mol. The van der Waals surface area contributed by atoms with E-state index in [-0.39, 0.29) is 18.1 Å². The summed E-state index contributed by atoms with van der Waals surface area (Å²) < 4.78 is 4.89. The van der Waals surface area contributed by atoms with E-state index in [4.69, 9.17) is 4.74 Å². The molecule has 0 aliphatic carbocycles. The van der Waals surface area contributed by atoms with Crippen molar-refractivity contribution in [2.45, 2.75) is 25.5 Å².